The summed E-state index contributed by atoms with van der Waals surface area (Å²) in [5.74, 6) is 0.0166. The molecule has 0 spiro atoms. The van der Waals surface area contributed by atoms with Crippen LogP contribution in [0.3, 0.4) is 0 Å². The largest absolute Gasteiger partial charge is 0.478 e. The van der Waals surface area contributed by atoms with Crippen LogP contribution in [0.15, 0.2) is 71.3 Å². The third-order valence-corrected chi connectivity index (χ3v) is 5.91. The molecule has 4 rings (SSSR count). The molecule has 0 aliphatic carbocycles. The highest BCUT2D eigenvalue weighted by Gasteiger charge is 2.29. The Kier molecular flexibility index (Phi) is 6.02. The van der Waals surface area contributed by atoms with Crippen molar-refractivity contribution in [2.75, 3.05) is 13.1 Å². The zero-order chi connectivity index (χ0) is 21.1. The molecule has 5 heteroatoms. The number of rotatable bonds is 6. The standard InChI is InChI=1S/C25H28N2O3/c1-18-14-26(16-20-5-9-22(10-6-20)24-4-3-13-30-24)15-19(2)27(18)17-21-7-11-23(12-8-21)25(28)29/h3-13,18-19H,14-17H2,1-2H3,(H,28,29)/t18-,19+. The van der Waals surface area contributed by atoms with Gasteiger partial charge in [-0.05, 0) is 49.2 Å². The minimum absolute atomic E-state index is 0.336. The van der Waals surface area contributed by atoms with E-state index < -0.39 is 5.97 Å². The van der Waals surface area contributed by atoms with Crippen LogP contribution in [0.4, 0.5) is 0 Å². The van der Waals surface area contributed by atoms with Crippen LogP contribution >= 0.6 is 0 Å². The average Bonchev–Trinajstić information content (AvgIpc) is 3.26. The van der Waals surface area contributed by atoms with Gasteiger partial charge in [0, 0.05) is 43.8 Å². The second-order valence-corrected chi connectivity index (χ2v) is 8.24. The van der Waals surface area contributed by atoms with Crippen molar-refractivity contribution in [2.24, 2.45) is 0 Å². The smallest absolute Gasteiger partial charge is 0.335 e. The lowest BCUT2D eigenvalue weighted by Crippen LogP contribution is -2.55. The normalized spacial score (nSPS) is 20.3. The summed E-state index contributed by atoms with van der Waals surface area (Å²) >= 11 is 0. The number of aromatic carboxylic acids is 1. The van der Waals surface area contributed by atoms with Crippen molar-refractivity contribution >= 4 is 5.97 Å². The highest BCUT2D eigenvalue weighted by molar-refractivity contribution is 5.87. The van der Waals surface area contributed by atoms with E-state index in [9.17, 15) is 4.79 Å². The van der Waals surface area contributed by atoms with Crippen molar-refractivity contribution in [2.45, 2.75) is 39.0 Å². The van der Waals surface area contributed by atoms with Gasteiger partial charge in [-0.15, -0.1) is 0 Å². The van der Waals surface area contributed by atoms with Crippen LogP contribution in [0.25, 0.3) is 11.3 Å². The molecule has 156 valence electrons. The van der Waals surface area contributed by atoms with Gasteiger partial charge in [0.2, 0.25) is 0 Å². The van der Waals surface area contributed by atoms with E-state index in [0.717, 1.165) is 43.1 Å². The third-order valence-electron chi connectivity index (χ3n) is 5.91. The molecule has 0 amide bonds. The Morgan fingerprint density at radius 3 is 2.10 bits per heavy atom. The van der Waals surface area contributed by atoms with Crippen LogP contribution in [0.2, 0.25) is 0 Å². The van der Waals surface area contributed by atoms with Crippen molar-refractivity contribution in [3.63, 3.8) is 0 Å². The van der Waals surface area contributed by atoms with E-state index in [1.807, 2.05) is 24.3 Å². The number of furan rings is 1. The molecule has 0 unspecified atom stereocenters. The average molecular weight is 405 g/mol. The SMILES string of the molecule is C[C@@H]1CN(Cc2ccc(-c3ccco3)cc2)C[C@H](C)N1Cc1ccc(C(=O)O)cc1. The van der Waals surface area contributed by atoms with Crippen molar-refractivity contribution in [1.82, 2.24) is 9.80 Å². The topological polar surface area (TPSA) is 56.9 Å². The van der Waals surface area contributed by atoms with Crippen LogP contribution in [-0.2, 0) is 13.1 Å². The molecule has 1 fully saturated rings. The van der Waals surface area contributed by atoms with Crippen LogP contribution in [0, 0.1) is 0 Å². The molecule has 1 saturated heterocycles. The minimum atomic E-state index is -0.880. The van der Waals surface area contributed by atoms with E-state index in [4.69, 9.17) is 9.52 Å². The monoisotopic (exact) mass is 404 g/mol. The van der Waals surface area contributed by atoms with E-state index in [1.54, 1.807) is 18.4 Å². The summed E-state index contributed by atoms with van der Waals surface area (Å²) < 4.78 is 5.47. The molecular weight excluding hydrogens is 376 g/mol. The van der Waals surface area contributed by atoms with E-state index in [2.05, 4.69) is 47.9 Å². The number of piperazine rings is 1. The predicted molar refractivity (Wildman–Crippen MR) is 117 cm³/mol. The Bertz CT molecular complexity index is 953. The van der Waals surface area contributed by atoms with Crippen LogP contribution < -0.4 is 0 Å². The van der Waals surface area contributed by atoms with Gasteiger partial charge in [0.05, 0.1) is 11.8 Å². The van der Waals surface area contributed by atoms with Gasteiger partial charge in [0.15, 0.2) is 0 Å². The number of nitrogens with zero attached hydrogens (tertiary/aromatic N) is 2. The maximum atomic E-state index is 11.1. The Labute approximate surface area is 177 Å². The van der Waals surface area contributed by atoms with E-state index in [1.165, 1.54) is 5.56 Å². The highest BCUT2D eigenvalue weighted by Crippen LogP contribution is 2.23. The van der Waals surface area contributed by atoms with Gasteiger partial charge in [-0.2, -0.15) is 0 Å². The lowest BCUT2D eigenvalue weighted by atomic mass is 10.0. The Hall–Kier alpha value is -2.89. The van der Waals surface area contributed by atoms with E-state index in [0.29, 0.717) is 17.6 Å². The number of hydrogen-bond acceptors (Lipinski definition) is 4. The van der Waals surface area contributed by atoms with Crippen molar-refractivity contribution in [3.05, 3.63) is 83.6 Å². The van der Waals surface area contributed by atoms with E-state index >= 15 is 0 Å². The molecule has 1 aliphatic heterocycles. The molecule has 0 bridgehead atoms. The number of carboxylic acid groups (broad SMARTS) is 1. The summed E-state index contributed by atoms with van der Waals surface area (Å²) in [6.07, 6.45) is 1.70. The molecule has 3 aromatic rings. The molecule has 1 aromatic heterocycles. The summed E-state index contributed by atoms with van der Waals surface area (Å²) in [4.78, 5) is 16.1. The molecule has 0 radical (unpaired) electrons. The van der Waals surface area contributed by atoms with Crippen molar-refractivity contribution < 1.29 is 14.3 Å². The number of carboxylic acids is 1. The number of carbonyl (C=O) groups is 1. The quantitative estimate of drug-likeness (QED) is 0.643. The van der Waals surface area contributed by atoms with Gasteiger partial charge in [-0.1, -0.05) is 36.4 Å². The molecule has 1 aliphatic rings. The Morgan fingerprint density at radius 2 is 1.53 bits per heavy atom. The van der Waals surface area contributed by atoms with Crippen molar-refractivity contribution in [1.29, 1.82) is 0 Å². The molecule has 30 heavy (non-hydrogen) atoms. The second kappa shape index (κ2) is 8.86. The lowest BCUT2D eigenvalue weighted by Gasteiger charge is -2.44. The third kappa shape index (κ3) is 4.64. The molecule has 2 aromatic carbocycles. The first-order valence-electron chi connectivity index (χ1n) is 10.4. The van der Waals surface area contributed by atoms with Gasteiger partial charge in [-0.25, -0.2) is 4.79 Å². The maximum Gasteiger partial charge on any atom is 0.335 e. The van der Waals surface area contributed by atoms with Gasteiger partial charge >= 0.3 is 5.97 Å². The second-order valence-electron chi connectivity index (χ2n) is 8.24. The van der Waals surface area contributed by atoms with Gasteiger partial charge in [-0.3, -0.25) is 9.80 Å². The summed E-state index contributed by atoms with van der Waals surface area (Å²) in [5.41, 5.74) is 3.90. The summed E-state index contributed by atoms with van der Waals surface area (Å²) in [7, 11) is 0. The maximum absolute atomic E-state index is 11.1. The first-order valence-corrected chi connectivity index (χ1v) is 10.4. The first kappa shape index (κ1) is 20.4. The molecule has 2 heterocycles. The lowest BCUT2D eigenvalue weighted by molar-refractivity contribution is 0.0290. The molecular formula is C25H28N2O3. The zero-order valence-corrected chi connectivity index (χ0v) is 17.5. The molecule has 0 saturated carbocycles. The predicted octanol–water partition coefficient (Wildman–Crippen LogP) is 4.74. The van der Waals surface area contributed by atoms with Crippen LogP contribution in [-0.4, -0.2) is 46.0 Å². The van der Waals surface area contributed by atoms with E-state index in [-0.39, 0.29) is 0 Å². The number of hydrogen-bond donors (Lipinski definition) is 1. The molecule has 1 N–H and O–H groups in total. The van der Waals surface area contributed by atoms with Gasteiger partial charge < -0.3 is 9.52 Å². The zero-order valence-electron chi connectivity index (χ0n) is 17.5. The first-order chi connectivity index (χ1) is 14.5. The van der Waals surface area contributed by atoms with Crippen LogP contribution in [0.1, 0.15) is 35.3 Å². The number of benzene rings is 2. The highest BCUT2D eigenvalue weighted by atomic mass is 16.4. The molecule has 2 atom stereocenters. The summed E-state index contributed by atoms with van der Waals surface area (Å²) in [6.45, 7) is 8.35. The molecule has 5 nitrogen and oxygen atoms in total. The summed E-state index contributed by atoms with van der Waals surface area (Å²) in [6, 6.07) is 20.6. The Morgan fingerprint density at radius 1 is 0.933 bits per heavy atom. The van der Waals surface area contributed by atoms with Crippen molar-refractivity contribution in [3.8, 4) is 11.3 Å². The minimum Gasteiger partial charge on any atom is -0.478 e. The fraction of sp³-hybridized carbons (Fsp3) is 0.320. The van der Waals surface area contributed by atoms with Crippen LogP contribution in [0.5, 0.6) is 0 Å². The Balaban J connectivity index is 1.36. The summed E-state index contributed by atoms with van der Waals surface area (Å²) in [5, 5.41) is 9.07. The van der Waals surface area contributed by atoms with Gasteiger partial charge in [0.1, 0.15) is 5.76 Å². The fourth-order valence-corrected chi connectivity index (χ4v) is 4.35. The van der Waals surface area contributed by atoms with Gasteiger partial charge in [0.25, 0.3) is 0 Å². The fourth-order valence-electron chi connectivity index (χ4n) is 4.35.